The lowest BCUT2D eigenvalue weighted by Crippen LogP contribution is -2.41. The van der Waals surface area contributed by atoms with Crippen molar-refractivity contribution in [3.63, 3.8) is 0 Å². The second-order valence-electron chi connectivity index (χ2n) is 4.55. The molecule has 1 aromatic rings. The first-order valence-corrected chi connectivity index (χ1v) is 6.83. The number of carbonyl (C=O) groups is 2. The van der Waals surface area contributed by atoms with Crippen molar-refractivity contribution in [2.24, 2.45) is 0 Å². The lowest BCUT2D eigenvalue weighted by molar-refractivity contribution is -0.139. The molecule has 1 rings (SSSR count). The van der Waals surface area contributed by atoms with Gasteiger partial charge in [0.05, 0.1) is 6.61 Å². The topological polar surface area (TPSA) is 75.6 Å². The van der Waals surface area contributed by atoms with E-state index >= 15 is 0 Å². The normalized spacial score (nSPS) is 11.7. The van der Waals surface area contributed by atoms with Crippen molar-refractivity contribution in [2.75, 3.05) is 6.61 Å². The van der Waals surface area contributed by atoms with E-state index in [4.69, 9.17) is 9.84 Å². The Morgan fingerprint density at radius 2 is 2.00 bits per heavy atom. The van der Waals surface area contributed by atoms with Crippen LogP contribution < -0.4 is 5.32 Å². The average molecular weight is 279 g/mol. The Balaban J connectivity index is 2.40. The Hall–Kier alpha value is -2.04. The van der Waals surface area contributed by atoms with Crippen LogP contribution in [-0.2, 0) is 16.0 Å². The van der Waals surface area contributed by atoms with Gasteiger partial charge in [-0.1, -0.05) is 43.7 Å². The van der Waals surface area contributed by atoms with Crippen LogP contribution in [0.25, 0.3) is 0 Å². The van der Waals surface area contributed by atoms with Crippen LogP contribution in [-0.4, -0.2) is 29.8 Å². The summed E-state index contributed by atoms with van der Waals surface area (Å²) in [6.07, 6.45) is 1.95. The summed E-state index contributed by atoms with van der Waals surface area (Å²) in [5.41, 5.74) is 1.04. The molecule has 0 fully saturated rings. The van der Waals surface area contributed by atoms with Crippen molar-refractivity contribution in [3.05, 3.63) is 35.9 Å². The number of benzene rings is 1. The number of carboxylic acids is 1. The second-order valence-corrected chi connectivity index (χ2v) is 4.55. The number of aliphatic carboxylic acids is 1. The lowest BCUT2D eigenvalue weighted by atomic mass is 10.1. The number of hydrogen-bond donors (Lipinski definition) is 2. The SMILES string of the molecule is CCCCOC(=O)N[C@H](CCc1ccccc1)C(=O)O. The van der Waals surface area contributed by atoms with E-state index in [2.05, 4.69) is 5.32 Å². The molecule has 1 atom stereocenters. The number of ether oxygens (including phenoxy) is 1. The fourth-order valence-electron chi connectivity index (χ4n) is 1.71. The molecular formula is C15H21NO4. The Morgan fingerprint density at radius 3 is 2.60 bits per heavy atom. The summed E-state index contributed by atoms with van der Waals surface area (Å²) in [5, 5.41) is 11.5. The smallest absolute Gasteiger partial charge is 0.407 e. The number of hydrogen-bond acceptors (Lipinski definition) is 3. The minimum Gasteiger partial charge on any atom is -0.480 e. The lowest BCUT2D eigenvalue weighted by Gasteiger charge is -2.14. The number of rotatable bonds is 8. The highest BCUT2D eigenvalue weighted by atomic mass is 16.5. The Labute approximate surface area is 118 Å². The van der Waals surface area contributed by atoms with E-state index in [9.17, 15) is 9.59 Å². The van der Waals surface area contributed by atoms with Crippen LogP contribution in [0.4, 0.5) is 4.79 Å². The van der Waals surface area contributed by atoms with Gasteiger partial charge in [-0.05, 0) is 24.8 Å². The molecule has 0 bridgehead atoms. The minimum absolute atomic E-state index is 0.313. The molecule has 0 spiro atoms. The van der Waals surface area contributed by atoms with Crippen LogP contribution in [0.15, 0.2) is 30.3 Å². The molecule has 2 N–H and O–H groups in total. The van der Waals surface area contributed by atoms with Gasteiger partial charge in [0.15, 0.2) is 0 Å². The van der Waals surface area contributed by atoms with Crippen LogP contribution >= 0.6 is 0 Å². The molecule has 110 valence electrons. The first kappa shape index (κ1) is 16.0. The van der Waals surface area contributed by atoms with E-state index in [1.165, 1.54) is 0 Å². The fraction of sp³-hybridized carbons (Fsp3) is 0.467. The molecule has 0 aliphatic heterocycles. The van der Waals surface area contributed by atoms with Crippen LogP contribution in [0, 0.1) is 0 Å². The summed E-state index contributed by atoms with van der Waals surface area (Å²) in [5.74, 6) is -1.05. The van der Waals surface area contributed by atoms with Gasteiger partial charge in [0.25, 0.3) is 0 Å². The highest BCUT2D eigenvalue weighted by Crippen LogP contribution is 2.05. The van der Waals surface area contributed by atoms with Gasteiger partial charge in [0.1, 0.15) is 6.04 Å². The zero-order valence-electron chi connectivity index (χ0n) is 11.7. The fourth-order valence-corrected chi connectivity index (χ4v) is 1.71. The van der Waals surface area contributed by atoms with Gasteiger partial charge in [-0.15, -0.1) is 0 Å². The summed E-state index contributed by atoms with van der Waals surface area (Å²) < 4.78 is 4.90. The maximum atomic E-state index is 11.4. The Bertz CT molecular complexity index is 419. The van der Waals surface area contributed by atoms with Gasteiger partial charge < -0.3 is 15.2 Å². The maximum Gasteiger partial charge on any atom is 0.407 e. The maximum absolute atomic E-state index is 11.4. The standard InChI is InChI=1S/C15H21NO4/c1-2-3-11-20-15(19)16-13(14(17)18)10-9-12-7-5-4-6-8-12/h4-8,13H,2-3,9-11H2,1H3,(H,16,19)(H,17,18)/t13-/m1/s1. The third-order valence-corrected chi connectivity index (χ3v) is 2.89. The number of unbranched alkanes of at least 4 members (excludes halogenated alkanes) is 1. The van der Waals surface area contributed by atoms with Crippen molar-refractivity contribution in [2.45, 2.75) is 38.6 Å². The molecule has 0 saturated carbocycles. The van der Waals surface area contributed by atoms with Crippen molar-refractivity contribution < 1.29 is 19.4 Å². The first-order chi connectivity index (χ1) is 9.63. The van der Waals surface area contributed by atoms with Crippen LogP contribution in [0.2, 0.25) is 0 Å². The molecule has 0 aliphatic carbocycles. The molecule has 0 heterocycles. The Kier molecular flexibility index (Phi) is 7.17. The number of carbonyl (C=O) groups excluding carboxylic acids is 1. The molecular weight excluding hydrogens is 258 g/mol. The molecule has 5 heteroatoms. The van der Waals surface area contributed by atoms with Crippen molar-refractivity contribution in [1.82, 2.24) is 5.32 Å². The van der Waals surface area contributed by atoms with Crippen LogP contribution in [0.3, 0.4) is 0 Å². The monoisotopic (exact) mass is 279 g/mol. The van der Waals surface area contributed by atoms with E-state index in [1.807, 2.05) is 37.3 Å². The zero-order chi connectivity index (χ0) is 14.8. The van der Waals surface area contributed by atoms with Crippen molar-refractivity contribution >= 4 is 12.1 Å². The Morgan fingerprint density at radius 1 is 1.30 bits per heavy atom. The van der Waals surface area contributed by atoms with Crippen LogP contribution in [0.1, 0.15) is 31.7 Å². The number of amides is 1. The molecule has 1 aromatic carbocycles. The third-order valence-electron chi connectivity index (χ3n) is 2.89. The molecule has 0 radical (unpaired) electrons. The van der Waals surface area contributed by atoms with E-state index in [0.29, 0.717) is 19.4 Å². The predicted molar refractivity (Wildman–Crippen MR) is 75.6 cm³/mol. The predicted octanol–water partition coefficient (Wildman–Crippen LogP) is 2.60. The zero-order valence-corrected chi connectivity index (χ0v) is 11.7. The molecule has 0 aliphatic rings. The molecule has 0 unspecified atom stereocenters. The average Bonchev–Trinajstić information content (AvgIpc) is 2.44. The number of aryl methyl sites for hydroxylation is 1. The molecule has 0 saturated heterocycles. The summed E-state index contributed by atoms with van der Waals surface area (Å²) in [6.45, 7) is 2.30. The van der Waals surface area contributed by atoms with Gasteiger partial charge >= 0.3 is 12.1 Å². The van der Waals surface area contributed by atoms with E-state index in [1.54, 1.807) is 0 Å². The van der Waals surface area contributed by atoms with E-state index in [0.717, 1.165) is 18.4 Å². The molecule has 5 nitrogen and oxygen atoms in total. The summed E-state index contributed by atoms with van der Waals surface area (Å²) in [7, 11) is 0. The third kappa shape index (κ3) is 6.22. The summed E-state index contributed by atoms with van der Waals surface area (Å²) >= 11 is 0. The highest BCUT2D eigenvalue weighted by Gasteiger charge is 2.20. The molecule has 20 heavy (non-hydrogen) atoms. The number of alkyl carbamates (subject to hydrolysis) is 1. The van der Waals surface area contributed by atoms with Gasteiger partial charge in [0.2, 0.25) is 0 Å². The van der Waals surface area contributed by atoms with Crippen molar-refractivity contribution in [1.29, 1.82) is 0 Å². The van der Waals surface area contributed by atoms with E-state index < -0.39 is 18.1 Å². The largest absolute Gasteiger partial charge is 0.480 e. The minimum atomic E-state index is -1.05. The highest BCUT2D eigenvalue weighted by molar-refractivity contribution is 5.79. The summed E-state index contributed by atoms with van der Waals surface area (Å²) in [6, 6.07) is 8.64. The quantitative estimate of drug-likeness (QED) is 0.717. The number of carboxylic acid groups (broad SMARTS) is 1. The summed E-state index contributed by atoms with van der Waals surface area (Å²) in [4.78, 5) is 22.6. The molecule has 1 amide bonds. The first-order valence-electron chi connectivity index (χ1n) is 6.83. The second kappa shape index (κ2) is 8.96. The van der Waals surface area contributed by atoms with Crippen molar-refractivity contribution in [3.8, 4) is 0 Å². The van der Waals surface area contributed by atoms with E-state index in [-0.39, 0.29) is 0 Å². The van der Waals surface area contributed by atoms with Gasteiger partial charge in [-0.25, -0.2) is 9.59 Å². The number of nitrogens with one attached hydrogen (secondary N) is 1. The van der Waals surface area contributed by atoms with Crippen LogP contribution in [0.5, 0.6) is 0 Å². The van der Waals surface area contributed by atoms with Gasteiger partial charge in [0, 0.05) is 0 Å². The van der Waals surface area contributed by atoms with Gasteiger partial charge in [-0.3, -0.25) is 0 Å². The van der Waals surface area contributed by atoms with Gasteiger partial charge in [-0.2, -0.15) is 0 Å². The molecule has 0 aromatic heterocycles.